The van der Waals surface area contributed by atoms with Gasteiger partial charge in [0.25, 0.3) is 0 Å². The van der Waals surface area contributed by atoms with Gasteiger partial charge in [0.2, 0.25) is 0 Å². The van der Waals surface area contributed by atoms with Gasteiger partial charge in [0.1, 0.15) is 23.1 Å². The van der Waals surface area contributed by atoms with Gasteiger partial charge in [-0.05, 0) is 61.3 Å². The minimum absolute atomic E-state index is 0.0766. The normalized spacial score (nSPS) is 13.3. The molecule has 33 heavy (non-hydrogen) atoms. The van der Waals surface area contributed by atoms with Crippen molar-refractivity contribution in [3.05, 3.63) is 28.3 Å². The standard InChI is InChI=1S/C21H32FN3O8/c1-13-23-33-17(27)24(13)12-14(22)10-9-11-15(16(26)30-8)25(18(28)31-20(2,3)4)19(29)32-21(5,6)7/h10,15H,9,11-12H2,1-8H3. The zero-order chi connectivity index (χ0) is 25.6. The molecule has 0 aliphatic carbocycles. The van der Waals surface area contributed by atoms with Gasteiger partial charge < -0.3 is 14.2 Å². The number of halogens is 1. The Bertz CT molecular complexity index is 909. The fourth-order valence-electron chi connectivity index (χ4n) is 2.57. The summed E-state index contributed by atoms with van der Waals surface area (Å²) in [6, 6.07) is -1.44. The van der Waals surface area contributed by atoms with Crippen LogP contribution in [0.15, 0.2) is 21.2 Å². The van der Waals surface area contributed by atoms with Crippen LogP contribution in [0, 0.1) is 6.92 Å². The number of methoxy groups -OCH3 is 1. The molecule has 0 N–H and O–H groups in total. The van der Waals surface area contributed by atoms with Crippen LogP contribution in [0.25, 0.3) is 0 Å². The van der Waals surface area contributed by atoms with E-state index in [0.29, 0.717) is 4.90 Å². The highest BCUT2D eigenvalue weighted by Gasteiger charge is 2.40. The van der Waals surface area contributed by atoms with E-state index in [2.05, 4.69) is 9.68 Å². The van der Waals surface area contributed by atoms with Gasteiger partial charge in [-0.15, -0.1) is 0 Å². The Balaban J connectivity index is 3.13. The summed E-state index contributed by atoms with van der Waals surface area (Å²) in [5.74, 6) is -2.23. The second-order valence-corrected chi connectivity index (χ2v) is 9.18. The van der Waals surface area contributed by atoms with Gasteiger partial charge in [-0.1, -0.05) is 11.2 Å². The van der Waals surface area contributed by atoms with Crippen molar-refractivity contribution in [2.24, 2.45) is 0 Å². The molecule has 0 radical (unpaired) electrons. The smallest absolute Gasteiger partial charge is 0.441 e. The topological polar surface area (TPSA) is 130 Å². The van der Waals surface area contributed by atoms with E-state index in [-0.39, 0.29) is 18.7 Å². The summed E-state index contributed by atoms with van der Waals surface area (Å²) in [4.78, 5) is 50.1. The van der Waals surface area contributed by atoms with Gasteiger partial charge in [-0.25, -0.2) is 23.6 Å². The fraction of sp³-hybridized carbons (Fsp3) is 0.667. The number of carbonyl (C=O) groups is 3. The van der Waals surface area contributed by atoms with Crippen molar-refractivity contribution in [1.29, 1.82) is 0 Å². The summed E-state index contributed by atoms with van der Waals surface area (Å²) >= 11 is 0. The van der Waals surface area contributed by atoms with Crippen molar-refractivity contribution in [2.45, 2.75) is 85.1 Å². The minimum atomic E-state index is -1.44. The molecule has 11 nitrogen and oxygen atoms in total. The molecule has 1 aromatic heterocycles. The SMILES string of the molecule is COC(=O)C(CCC=C(F)Cn1c(C)noc1=O)N(C(=O)OC(C)(C)C)C(=O)OC(C)(C)C. The van der Waals surface area contributed by atoms with Crippen LogP contribution in [0.4, 0.5) is 14.0 Å². The van der Waals surface area contributed by atoms with Crippen molar-refractivity contribution in [3.63, 3.8) is 0 Å². The van der Waals surface area contributed by atoms with Crippen LogP contribution in [0.5, 0.6) is 0 Å². The number of amides is 2. The number of allylic oxidation sites excluding steroid dienone is 2. The van der Waals surface area contributed by atoms with Crippen molar-refractivity contribution in [1.82, 2.24) is 14.6 Å². The zero-order valence-corrected chi connectivity index (χ0v) is 20.3. The maximum atomic E-state index is 14.3. The van der Waals surface area contributed by atoms with E-state index in [4.69, 9.17) is 14.2 Å². The van der Waals surface area contributed by atoms with E-state index in [1.54, 1.807) is 41.5 Å². The molecule has 186 valence electrons. The molecular weight excluding hydrogens is 441 g/mol. The highest BCUT2D eigenvalue weighted by Crippen LogP contribution is 2.20. The fourth-order valence-corrected chi connectivity index (χ4v) is 2.57. The first-order valence-electron chi connectivity index (χ1n) is 10.3. The predicted molar refractivity (Wildman–Crippen MR) is 114 cm³/mol. The van der Waals surface area contributed by atoms with Gasteiger partial charge in [0.05, 0.1) is 13.7 Å². The molecule has 0 spiro atoms. The Labute approximate surface area is 191 Å². The number of hydrogen-bond acceptors (Lipinski definition) is 9. The number of rotatable bonds is 7. The van der Waals surface area contributed by atoms with Gasteiger partial charge in [0.15, 0.2) is 5.82 Å². The lowest BCUT2D eigenvalue weighted by Gasteiger charge is -2.32. The number of imide groups is 1. The predicted octanol–water partition coefficient (Wildman–Crippen LogP) is 3.49. The average Bonchev–Trinajstić information content (AvgIpc) is 2.95. The Hall–Kier alpha value is -3.18. The van der Waals surface area contributed by atoms with Crippen LogP contribution >= 0.6 is 0 Å². The molecule has 0 aliphatic heterocycles. The summed E-state index contributed by atoms with van der Waals surface area (Å²) in [5, 5.41) is 3.44. The van der Waals surface area contributed by atoms with Gasteiger partial charge in [-0.3, -0.25) is 9.09 Å². The molecule has 12 heteroatoms. The van der Waals surface area contributed by atoms with E-state index < -0.39 is 53.5 Å². The summed E-state index contributed by atoms with van der Waals surface area (Å²) in [6.07, 6.45) is -1.36. The molecule has 2 amide bonds. The summed E-state index contributed by atoms with van der Waals surface area (Å²) in [7, 11) is 1.09. The van der Waals surface area contributed by atoms with Crippen molar-refractivity contribution >= 4 is 18.2 Å². The lowest BCUT2D eigenvalue weighted by molar-refractivity contribution is -0.146. The monoisotopic (exact) mass is 473 g/mol. The van der Waals surface area contributed by atoms with Gasteiger partial charge in [0, 0.05) is 0 Å². The number of carbonyl (C=O) groups excluding carboxylic acids is 3. The third-order valence-electron chi connectivity index (χ3n) is 3.95. The summed E-state index contributed by atoms with van der Waals surface area (Å²) in [6.45, 7) is 10.6. The minimum Gasteiger partial charge on any atom is -0.467 e. The van der Waals surface area contributed by atoms with E-state index in [1.165, 1.54) is 6.92 Å². The quantitative estimate of drug-likeness (QED) is 0.431. The Morgan fingerprint density at radius 1 is 1.12 bits per heavy atom. The Morgan fingerprint density at radius 3 is 2.03 bits per heavy atom. The highest BCUT2D eigenvalue weighted by molar-refractivity contribution is 5.94. The highest BCUT2D eigenvalue weighted by atomic mass is 19.1. The first kappa shape index (κ1) is 27.9. The molecule has 1 unspecified atom stereocenters. The average molecular weight is 473 g/mol. The second-order valence-electron chi connectivity index (χ2n) is 9.18. The molecule has 1 atom stereocenters. The third-order valence-corrected chi connectivity index (χ3v) is 3.95. The number of ether oxygens (including phenoxy) is 3. The van der Waals surface area contributed by atoms with Crippen LogP contribution < -0.4 is 5.76 Å². The molecule has 0 aliphatic rings. The van der Waals surface area contributed by atoms with Crippen LogP contribution in [0.1, 0.15) is 60.2 Å². The number of esters is 1. The number of hydrogen-bond donors (Lipinski definition) is 0. The van der Waals surface area contributed by atoms with Crippen molar-refractivity contribution < 1.29 is 37.5 Å². The van der Waals surface area contributed by atoms with Crippen molar-refractivity contribution in [2.75, 3.05) is 7.11 Å². The number of aromatic nitrogens is 2. The maximum absolute atomic E-state index is 14.3. The van der Waals surface area contributed by atoms with Gasteiger partial charge >= 0.3 is 23.9 Å². The molecule has 0 aromatic carbocycles. The van der Waals surface area contributed by atoms with E-state index in [9.17, 15) is 23.6 Å². The maximum Gasteiger partial charge on any atom is 0.441 e. The summed E-state index contributed by atoms with van der Waals surface area (Å²) < 4.78 is 35.1. The second kappa shape index (κ2) is 11.1. The van der Waals surface area contributed by atoms with Crippen LogP contribution in [0.2, 0.25) is 0 Å². The first-order chi connectivity index (χ1) is 15.1. The van der Waals surface area contributed by atoms with Gasteiger partial charge in [-0.2, -0.15) is 4.90 Å². The van der Waals surface area contributed by atoms with Crippen LogP contribution in [-0.4, -0.2) is 57.1 Å². The zero-order valence-electron chi connectivity index (χ0n) is 20.3. The Kier molecular flexibility index (Phi) is 9.37. The van der Waals surface area contributed by atoms with Crippen LogP contribution in [-0.2, 0) is 25.5 Å². The molecular formula is C21H32FN3O8. The van der Waals surface area contributed by atoms with Crippen LogP contribution in [0.3, 0.4) is 0 Å². The molecule has 0 bridgehead atoms. The van der Waals surface area contributed by atoms with E-state index >= 15 is 0 Å². The molecule has 1 rings (SSSR count). The van der Waals surface area contributed by atoms with Crippen molar-refractivity contribution in [3.8, 4) is 0 Å². The molecule has 0 saturated heterocycles. The summed E-state index contributed by atoms with van der Waals surface area (Å²) in [5.41, 5.74) is -1.93. The lowest BCUT2D eigenvalue weighted by atomic mass is 10.1. The number of aryl methyl sites for hydroxylation is 1. The molecule has 0 saturated carbocycles. The molecule has 0 fully saturated rings. The Morgan fingerprint density at radius 2 is 1.64 bits per heavy atom. The number of nitrogens with zero attached hydrogens (tertiary/aromatic N) is 3. The first-order valence-corrected chi connectivity index (χ1v) is 10.3. The molecule has 1 heterocycles. The molecule has 1 aromatic rings. The largest absolute Gasteiger partial charge is 0.467 e. The van der Waals surface area contributed by atoms with E-state index in [0.717, 1.165) is 17.8 Å². The van der Waals surface area contributed by atoms with E-state index in [1.807, 2.05) is 0 Å². The third kappa shape index (κ3) is 9.07. The lowest BCUT2D eigenvalue weighted by Crippen LogP contribution is -2.52.